The van der Waals surface area contributed by atoms with Crippen LogP contribution in [-0.2, 0) is 10.0 Å². The first-order valence-electron chi connectivity index (χ1n) is 9.61. The Hall–Kier alpha value is -2.44. The van der Waals surface area contributed by atoms with Crippen molar-refractivity contribution in [3.8, 4) is 5.75 Å². The van der Waals surface area contributed by atoms with Crippen molar-refractivity contribution >= 4 is 27.5 Å². The summed E-state index contributed by atoms with van der Waals surface area (Å²) in [5.74, 6) is -12.7. The van der Waals surface area contributed by atoms with E-state index in [4.69, 9.17) is 16.3 Å². The highest BCUT2D eigenvalue weighted by atomic mass is 35.5. The van der Waals surface area contributed by atoms with Crippen molar-refractivity contribution < 1.29 is 39.9 Å². The molecule has 13 heteroatoms. The van der Waals surface area contributed by atoms with Gasteiger partial charge < -0.3 is 9.64 Å². The van der Waals surface area contributed by atoms with Gasteiger partial charge in [0.05, 0.1) is 12.7 Å². The molecule has 1 amide bonds. The lowest BCUT2D eigenvalue weighted by Crippen LogP contribution is -2.44. The number of carbonyl (C=O) groups excluding carboxylic acids is 1. The fraction of sp³-hybridized carbons (Fsp3) is 0.350. The molecule has 0 radical (unpaired) electrons. The molecule has 6 nitrogen and oxygen atoms in total. The Balaban J connectivity index is 1.76. The van der Waals surface area contributed by atoms with Crippen LogP contribution in [0.4, 0.5) is 22.0 Å². The molecule has 1 atom stereocenters. The molecule has 1 unspecified atom stereocenters. The summed E-state index contributed by atoms with van der Waals surface area (Å²) in [5, 5.41) is 0.309. The minimum Gasteiger partial charge on any atom is -0.496 e. The summed E-state index contributed by atoms with van der Waals surface area (Å²) in [7, 11) is -3.69. The summed E-state index contributed by atoms with van der Waals surface area (Å²) >= 11 is 5.96. The molecule has 1 saturated heterocycles. The molecule has 0 aliphatic carbocycles. The van der Waals surface area contributed by atoms with Gasteiger partial charge in [0.25, 0.3) is 5.91 Å². The fourth-order valence-corrected chi connectivity index (χ4v) is 4.98. The van der Waals surface area contributed by atoms with Gasteiger partial charge in [0.2, 0.25) is 15.8 Å². The van der Waals surface area contributed by atoms with Crippen LogP contribution in [-0.4, -0.2) is 46.0 Å². The smallest absolute Gasteiger partial charge is 0.257 e. The molecule has 2 aromatic rings. The Morgan fingerprint density at radius 3 is 2.33 bits per heavy atom. The fourth-order valence-electron chi connectivity index (χ4n) is 3.55. The van der Waals surface area contributed by atoms with E-state index in [2.05, 4.69) is 0 Å². The van der Waals surface area contributed by atoms with Gasteiger partial charge in [0.15, 0.2) is 28.2 Å². The van der Waals surface area contributed by atoms with E-state index >= 15 is 0 Å². The number of carbonyl (C=O) groups is 1. The number of likely N-dealkylation sites (tertiary alicyclic amines) is 1. The third-order valence-corrected chi connectivity index (χ3v) is 6.88. The van der Waals surface area contributed by atoms with Gasteiger partial charge in [0, 0.05) is 24.7 Å². The van der Waals surface area contributed by atoms with E-state index < -0.39 is 62.4 Å². The third-order valence-electron chi connectivity index (χ3n) is 5.20. The average molecular weight is 513 g/mol. The summed E-state index contributed by atoms with van der Waals surface area (Å²) in [4.78, 5) is 12.4. The minimum atomic E-state index is -5.08. The quantitative estimate of drug-likeness (QED) is 0.362. The maximum atomic E-state index is 13.9. The SMILES string of the molecule is COc1ccc(Cl)cc1C(=O)N1CCCC(CNS(=O)(=O)c2c(F)c(F)c(F)c(F)c2F)C1. The van der Waals surface area contributed by atoms with Crippen molar-refractivity contribution in [1.82, 2.24) is 9.62 Å². The number of rotatable bonds is 6. The highest BCUT2D eigenvalue weighted by molar-refractivity contribution is 7.89. The van der Waals surface area contributed by atoms with Crippen molar-refractivity contribution in [1.29, 1.82) is 0 Å². The Morgan fingerprint density at radius 1 is 1.12 bits per heavy atom. The minimum absolute atomic E-state index is 0.0775. The lowest BCUT2D eigenvalue weighted by Gasteiger charge is -2.33. The summed E-state index contributed by atoms with van der Waals surface area (Å²) in [5.41, 5.74) is 0.202. The van der Waals surface area contributed by atoms with Gasteiger partial charge in [0.1, 0.15) is 5.75 Å². The average Bonchev–Trinajstić information content (AvgIpc) is 2.80. The number of hydrogen-bond acceptors (Lipinski definition) is 4. The number of nitrogens with one attached hydrogen (secondary N) is 1. The van der Waals surface area contributed by atoms with E-state index in [1.54, 1.807) is 6.07 Å². The maximum absolute atomic E-state index is 13.9. The largest absolute Gasteiger partial charge is 0.496 e. The number of halogens is 6. The molecule has 1 N–H and O–H groups in total. The molecule has 0 saturated carbocycles. The van der Waals surface area contributed by atoms with E-state index in [0.717, 1.165) is 0 Å². The molecule has 180 valence electrons. The maximum Gasteiger partial charge on any atom is 0.257 e. The molecule has 1 aliphatic heterocycles. The first-order valence-corrected chi connectivity index (χ1v) is 11.5. The zero-order chi connectivity index (χ0) is 24.5. The number of piperidine rings is 1. The predicted octanol–water partition coefficient (Wildman–Crippen LogP) is 3.87. The van der Waals surface area contributed by atoms with Crippen LogP contribution in [0.1, 0.15) is 23.2 Å². The second kappa shape index (κ2) is 9.82. The Labute approximate surface area is 191 Å². The Kier molecular flexibility index (Phi) is 7.49. The van der Waals surface area contributed by atoms with E-state index in [0.29, 0.717) is 30.2 Å². The molecule has 0 spiro atoms. The van der Waals surface area contributed by atoms with Crippen LogP contribution in [0.15, 0.2) is 23.1 Å². The van der Waals surface area contributed by atoms with Gasteiger partial charge >= 0.3 is 0 Å². The number of sulfonamides is 1. The topological polar surface area (TPSA) is 75.7 Å². The standard InChI is InChI=1S/C20H18ClF5N2O4S/c1-32-13-5-4-11(21)7-12(13)20(29)28-6-2-3-10(9-28)8-27-33(30,31)19-17(25)15(23)14(22)16(24)18(19)26/h4-5,7,10,27H,2-3,6,8-9H2,1H3. The third kappa shape index (κ3) is 5.07. The first kappa shape index (κ1) is 25.2. The first-order chi connectivity index (χ1) is 15.5. The highest BCUT2D eigenvalue weighted by Gasteiger charge is 2.34. The molecule has 2 aromatic carbocycles. The van der Waals surface area contributed by atoms with Crippen molar-refractivity contribution in [2.45, 2.75) is 17.7 Å². The van der Waals surface area contributed by atoms with Gasteiger partial charge in [-0.25, -0.2) is 35.1 Å². The van der Waals surface area contributed by atoms with Gasteiger partial charge in [-0.05, 0) is 37.0 Å². The molecule has 33 heavy (non-hydrogen) atoms. The highest BCUT2D eigenvalue weighted by Crippen LogP contribution is 2.28. The van der Waals surface area contributed by atoms with Crippen molar-refractivity contribution in [2.75, 3.05) is 26.7 Å². The molecule has 0 bridgehead atoms. The van der Waals surface area contributed by atoms with Gasteiger partial charge in [-0.2, -0.15) is 0 Å². The predicted molar refractivity (Wildman–Crippen MR) is 108 cm³/mol. The zero-order valence-electron chi connectivity index (χ0n) is 17.1. The van der Waals surface area contributed by atoms with E-state index in [-0.39, 0.29) is 12.1 Å². The van der Waals surface area contributed by atoms with Crippen LogP contribution in [0.2, 0.25) is 5.02 Å². The van der Waals surface area contributed by atoms with Crippen LogP contribution in [0, 0.1) is 35.0 Å². The molecule has 1 aliphatic rings. The second-order valence-electron chi connectivity index (χ2n) is 7.35. The molecule has 1 heterocycles. The van der Waals surface area contributed by atoms with Crippen LogP contribution >= 0.6 is 11.6 Å². The molecule has 0 aromatic heterocycles. The van der Waals surface area contributed by atoms with Crippen LogP contribution < -0.4 is 9.46 Å². The number of benzene rings is 2. The van der Waals surface area contributed by atoms with Gasteiger partial charge in [-0.1, -0.05) is 11.6 Å². The molecule has 1 fully saturated rings. The van der Waals surface area contributed by atoms with Crippen molar-refractivity contribution in [2.24, 2.45) is 5.92 Å². The zero-order valence-corrected chi connectivity index (χ0v) is 18.7. The van der Waals surface area contributed by atoms with E-state index in [1.807, 2.05) is 4.72 Å². The lowest BCUT2D eigenvalue weighted by atomic mass is 9.97. The molecular weight excluding hydrogens is 495 g/mol. The van der Waals surface area contributed by atoms with Gasteiger partial charge in [-0.15, -0.1) is 0 Å². The second-order valence-corrected chi connectivity index (χ2v) is 9.50. The lowest BCUT2D eigenvalue weighted by molar-refractivity contribution is 0.0673. The number of amides is 1. The summed E-state index contributed by atoms with van der Waals surface area (Å²) in [6.45, 7) is 0.0435. The summed E-state index contributed by atoms with van der Waals surface area (Å²) in [6.07, 6.45) is 0.944. The van der Waals surface area contributed by atoms with Gasteiger partial charge in [-0.3, -0.25) is 4.79 Å². The van der Waals surface area contributed by atoms with E-state index in [1.165, 1.54) is 24.1 Å². The normalized spacial score (nSPS) is 16.7. The van der Waals surface area contributed by atoms with Crippen molar-refractivity contribution in [3.05, 3.63) is 57.9 Å². The summed E-state index contributed by atoms with van der Waals surface area (Å²) < 4.78 is 99.5. The monoisotopic (exact) mass is 512 g/mol. The number of nitrogens with zero attached hydrogens (tertiary/aromatic N) is 1. The van der Waals surface area contributed by atoms with E-state index in [9.17, 15) is 35.2 Å². The Morgan fingerprint density at radius 2 is 1.73 bits per heavy atom. The van der Waals surface area contributed by atoms with Crippen molar-refractivity contribution in [3.63, 3.8) is 0 Å². The molecule has 3 rings (SSSR count). The molecular formula is C20H18ClF5N2O4S. The number of hydrogen-bond donors (Lipinski definition) is 1. The summed E-state index contributed by atoms with van der Waals surface area (Å²) in [6, 6.07) is 4.50. The van der Waals surface area contributed by atoms with Crippen LogP contribution in [0.3, 0.4) is 0 Å². The van der Waals surface area contributed by atoms with Crippen LogP contribution in [0.25, 0.3) is 0 Å². The number of ether oxygens (including phenoxy) is 1. The number of methoxy groups -OCH3 is 1. The Bertz CT molecular complexity index is 1170. The van der Waals surface area contributed by atoms with Crippen LogP contribution in [0.5, 0.6) is 5.75 Å².